The second-order valence-corrected chi connectivity index (χ2v) is 4.07. The van der Waals surface area contributed by atoms with Crippen LogP contribution in [0.2, 0.25) is 0 Å². The van der Waals surface area contributed by atoms with Gasteiger partial charge in [-0.25, -0.2) is 4.79 Å². The monoisotopic (exact) mass is 261 g/mol. The van der Waals surface area contributed by atoms with Gasteiger partial charge in [0.15, 0.2) is 5.69 Å². The Bertz CT molecular complexity index is 593. The molecule has 0 saturated heterocycles. The number of carboxylic acid groups (broad SMARTS) is 1. The summed E-state index contributed by atoms with van der Waals surface area (Å²) in [6, 6.07) is 5.83. The van der Waals surface area contributed by atoms with Gasteiger partial charge in [-0.3, -0.25) is 0 Å². The Morgan fingerprint density at radius 2 is 2.26 bits per heavy atom. The molecule has 0 bridgehead atoms. The highest BCUT2D eigenvalue weighted by molar-refractivity contribution is 5.84. The second kappa shape index (κ2) is 5.51. The molecule has 0 atom stereocenters. The molecule has 0 aliphatic carbocycles. The standard InChI is InChI=1S/C13H15N3O3/c1-3-10-6-9(4-5-12(10)19-2)8-16-14-7-11(15-16)13(17)18/h4-7H,3,8H2,1-2H3,(H,17,18). The van der Waals surface area contributed by atoms with Crippen molar-refractivity contribution in [2.24, 2.45) is 0 Å². The molecule has 0 aliphatic heterocycles. The maximum absolute atomic E-state index is 10.7. The first-order valence-corrected chi connectivity index (χ1v) is 5.93. The molecule has 0 saturated carbocycles. The zero-order chi connectivity index (χ0) is 13.8. The first-order valence-electron chi connectivity index (χ1n) is 5.93. The molecule has 0 radical (unpaired) electrons. The number of ether oxygens (including phenoxy) is 1. The molecule has 0 spiro atoms. The maximum atomic E-state index is 10.7. The normalized spacial score (nSPS) is 10.4. The molecule has 0 fully saturated rings. The SMILES string of the molecule is CCc1cc(Cn2ncc(C(=O)O)n2)ccc1OC. The summed E-state index contributed by atoms with van der Waals surface area (Å²) in [6.07, 6.45) is 2.11. The van der Waals surface area contributed by atoms with Crippen LogP contribution in [0, 0.1) is 0 Å². The van der Waals surface area contributed by atoms with Crippen LogP contribution in [-0.4, -0.2) is 33.2 Å². The van der Waals surface area contributed by atoms with Crippen molar-refractivity contribution in [1.29, 1.82) is 0 Å². The molecule has 6 nitrogen and oxygen atoms in total. The highest BCUT2D eigenvalue weighted by atomic mass is 16.5. The average molecular weight is 261 g/mol. The number of hydrogen-bond acceptors (Lipinski definition) is 4. The molecule has 0 unspecified atom stereocenters. The van der Waals surface area contributed by atoms with Crippen molar-refractivity contribution < 1.29 is 14.6 Å². The van der Waals surface area contributed by atoms with Crippen LogP contribution in [-0.2, 0) is 13.0 Å². The van der Waals surface area contributed by atoms with Gasteiger partial charge >= 0.3 is 5.97 Å². The van der Waals surface area contributed by atoms with Crippen LogP contribution >= 0.6 is 0 Å². The number of carbonyl (C=O) groups is 1. The van der Waals surface area contributed by atoms with E-state index in [2.05, 4.69) is 17.1 Å². The highest BCUT2D eigenvalue weighted by Crippen LogP contribution is 2.20. The third-order valence-electron chi connectivity index (χ3n) is 2.81. The Morgan fingerprint density at radius 1 is 1.47 bits per heavy atom. The minimum atomic E-state index is -1.07. The predicted octanol–water partition coefficient (Wildman–Crippen LogP) is 1.60. The maximum Gasteiger partial charge on any atom is 0.358 e. The lowest BCUT2D eigenvalue weighted by Gasteiger charge is -2.08. The number of hydrogen-bond donors (Lipinski definition) is 1. The summed E-state index contributed by atoms with van der Waals surface area (Å²) in [7, 11) is 1.64. The summed E-state index contributed by atoms with van der Waals surface area (Å²) in [6.45, 7) is 2.49. The number of aromatic nitrogens is 3. The number of benzene rings is 1. The quantitative estimate of drug-likeness (QED) is 0.884. The highest BCUT2D eigenvalue weighted by Gasteiger charge is 2.09. The van der Waals surface area contributed by atoms with Crippen LogP contribution in [0.4, 0.5) is 0 Å². The fourth-order valence-corrected chi connectivity index (χ4v) is 1.84. The van der Waals surface area contributed by atoms with E-state index < -0.39 is 5.97 Å². The summed E-state index contributed by atoms with van der Waals surface area (Å²) < 4.78 is 5.26. The lowest BCUT2D eigenvalue weighted by Crippen LogP contribution is -2.06. The van der Waals surface area contributed by atoms with Gasteiger partial charge in [0.25, 0.3) is 0 Å². The number of rotatable bonds is 5. The molecule has 0 amide bonds. The van der Waals surface area contributed by atoms with E-state index >= 15 is 0 Å². The minimum Gasteiger partial charge on any atom is -0.496 e. The van der Waals surface area contributed by atoms with Crippen molar-refractivity contribution in [3.63, 3.8) is 0 Å². The van der Waals surface area contributed by atoms with E-state index in [-0.39, 0.29) is 5.69 Å². The Kier molecular flexibility index (Phi) is 3.79. The molecule has 1 N–H and O–H groups in total. The van der Waals surface area contributed by atoms with Gasteiger partial charge in [0.05, 0.1) is 19.9 Å². The Hall–Kier alpha value is -2.37. The molecule has 6 heteroatoms. The van der Waals surface area contributed by atoms with Gasteiger partial charge in [-0.2, -0.15) is 9.90 Å². The third-order valence-corrected chi connectivity index (χ3v) is 2.81. The second-order valence-electron chi connectivity index (χ2n) is 4.07. The van der Waals surface area contributed by atoms with Gasteiger partial charge in [-0.15, -0.1) is 5.10 Å². The fraction of sp³-hybridized carbons (Fsp3) is 0.308. The molecule has 2 aromatic rings. The Morgan fingerprint density at radius 3 is 2.84 bits per heavy atom. The van der Waals surface area contributed by atoms with Crippen LogP contribution < -0.4 is 4.74 Å². The van der Waals surface area contributed by atoms with E-state index in [0.29, 0.717) is 6.54 Å². The number of nitrogens with zero attached hydrogens (tertiary/aromatic N) is 3. The molecule has 1 heterocycles. The molecule has 0 aliphatic rings. The first kappa shape index (κ1) is 13.1. The summed E-state index contributed by atoms with van der Waals surface area (Å²) in [5, 5.41) is 16.6. The lowest BCUT2D eigenvalue weighted by atomic mass is 10.1. The molecule has 2 rings (SSSR count). The van der Waals surface area contributed by atoms with Crippen molar-refractivity contribution in [1.82, 2.24) is 15.0 Å². The Labute approximate surface area is 110 Å². The van der Waals surface area contributed by atoms with E-state index in [4.69, 9.17) is 9.84 Å². The lowest BCUT2D eigenvalue weighted by molar-refractivity contribution is 0.0689. The predicted molar refractivity (Wildman–Crippen MR) is 68.5 cm³/mol. The van der Waals surface area contributed by atoms with Gasteiger partial charge in [0.1, 0.15) is 5.75 Å². The van der Waals surface area contributed by atoms with E-state index in [1.807, 2.05) is 18.2 Å². The molecule has 1 aromatic heterocycles. The van der Waals surface area contributed by atoms with Gasteiger partial charge in [-0.05, 0) is 23.6 Å². The van der Waals surface area contributed by atoms with Gasteiger partial charge < -0.3 is 9.84 Å². The van der Waals surface area contributed by atoms with E-state index in [9.17, 15) is 4.79 Å². The first-order chi connectivity index (χ1) is 9.13. The topological polar surface area (TPSA) is 77.2 Å². The van der Waals surface area contributed by atoms with E-state index in [1.54, 1.807) is 7.11 Å². The van der Waals surface area contributed by atoms with Gasteiger partial charge in [-0.1, -0.05) is 19.1 Å². The van der Waals surface area contributed by atoms with E-state index in [1.165, 1.54) is 11.0 Å². The van der Waals surface area contributed by atoms with Gasteiger partial charge in [0, 0.05) is 0 Å². The van der Waals surface area contributed by atoms with Crippen molar-refractivity contribution in [3.05, 3.63) is 41.2 Å². The van der Waals surface area contributed by atoms with Crippen molar-refractivity contribution in [2.75, 3.05) is 7.11 Å². The van der Waals surface area contributed by atoms with Crippen LogP contribution in [0.15, 0.2) is 24.4 Å². The molecule has 100 valence electrons. The Balaban J connectivity index is 2.20. The van der Waals surface area contributed by atoms with Crippen LogP contribution in [0.1, 0.15) is 28.5 Å². The number of aryl methyl sites for hydroxylation is 1. The van der Waals surface area contributed by atoms with Crippen molar-refractivity contribution in [3.8, 4) is 5.75 Å². The average Bonchev–Trinajstić information content (AvgIpc) is 2.87. The van der Waals surface area contributed by atoms with Crippen molar-refractivity contribution >= 4 is 5.97 Å². The van der Waals surface area contributed by atoms with Crippen LogP contribution in [0.25, 0.3) is 0 Å². The summed E-state index contributed by atoms with van der Waals surface area (Å²) in [4.78, 5) is 12.1. The van der Waals surface area contributed by atoms with Crippen molar-refractivity contribution in [2.45, 2.75) is 19.9 Å². The zero-order valence-electron chi connectivity index (χ0n) is 10.8. The zero-order valence-corrected chi connectivity index (χ0v) is 10.8. The largest absolute Gasteiger partial charge is 0.496 e. The van der Waals surface area contributed by atoms with E-state index in [0.717, 1.165) is 23.3 Å². The number of carboxylic acids is 1. The van der Waals surface area contributed by atoms with Crippen LogP contribution in [0.5, 0.6) is 5.75 Å². The van der Waals surface area contributed by atoms with Crippen LogP contribution in [0.3, 0.4) is 0 Å². The third kappa shape index (κ3) is 2.90. The molecule has 1 aromatic carbocycles. The number of aromatic carboxylic acids is 1. The fourth-order valence-electron chi connectivity index (χ4n) is 1.84. The smallest absolute Gasteiger partial charge is 0.358 e. The molecular formula is C13H15N3O3. The molecular weight excluding hydrogens is 246 g/mol. The summed E-state index contributed by atoms with van der Waals surface area (Å²) in [5.41, 5.74) is 2.06. The summed E-state index contributed by atoms with van der Waals surface area (Å²) >= 11 is 0. The summed E-state index contributed by atoms with van der Waals surface area (Å²) in [5.74, 6) is -0.221. The minimum absolute atomic E-state index is 0.0516. The number of methoxy groups -OCH3 is 1. The molecule has 19 heavy (non-hydrogen) atoms. The van der Waals surface area contributed by atoms with Gasteiger partial charge in [0.2, 0.25) is 0 Å².